The number of carbonyl (C=O) groups is 2. The lowest BCUT2D eigenvalue weighted by Gasteiger charge is -2.33. The molecule has 1 fully saturated rings. The van der Waals surface area contributed by atoms with Crippen molar-refractivity contribution in [3.05, 3.63) is 24.5 Å². The van der Waals surface area contributed by atoms with Gasteiger partial charge < -0.3 is 9.47 Å². The first-order valence-corrected chi connectivity index (χ1v) is 6.88. The molecule has 0 bridgehead atoms. The summed E-state index contributed by atoms with van der Waals surface area (Å²) < 4.78 is 10.9. The van der Waals surface area contributed by atoms with E-state index in [0.29, 0.717) is 38.0 Å². The van der Waals surface area contributed by atoms with Crippen LogP contribution in [0.2, 0.25) is 0 Å². The molecule has 0 radical (unpaired) electrons. The second kappa shape index (κ2) is 6.50. The highest BCUT2D eigenvalue weighted by atomic mass is 16.5. The van der Waals surface area contributed by atoms with Gasteiger partial charge in [0.2, 0.25) is 0 Å². The van der Waals surface area contributed by atoms with Gasteiger partial charge in [0.1, 0.15) is 23.6 Å². The Labute approximate surface area is 118 Å². The van der Waals surface area contributed by atoms with Crippen LogP contribution in [0.25, 0.3) is 0 Å². The van der Waals surface area contributed by atoms with Crippen molar-refractivity contribution in [3.8, 4) is 5.75 Å². The SMILES string of the molecule is CCOC(=O)C1(COc2ccncc2)CCC(=O)CC1. The molecule has 20 heavy (non-hydrogen) atoms. The molecular formula is C15H19NO4. The number of hydrogen-bond donors (Lipinski definition) is 0. The van der Waals surface area contributed by atoms with Crippen LogP contribution in [-0.2, 0) is 14.3 Å². The number of pyridine rings is 1. The zero-order valence-corrected chi connectivity index (χ0v) is 11.6. The van der Waals surface area contributed by atoms with E-state index in [1.54, 1.807) is 31.5 Å². The number of carbonyl (C=O) groups excluding carboxylic acids is 2. The molecule has 0 atom stereocenters. The predicted octanol–water partition coefficient (Wildman–Crippen LogP) is 2.15. The molecular weight excluding hydrogens is 258 g/mol. The van der Waals surface area contributed by atoms with Gasteiger partial charge in [0, 0.05) is 25.2 Å². The summed E-state index contributed by atoms with van der Waals surface area (Å²) in [6.45, 7) is 2.36. The van der Waals surface area contributed by atoms with Gasteiger partial charge in [-0.15, -0.1) is 0 Å². The van der Waals surface area contributed by atoms with Crippen LogP contribution >= 0.6 is 0 Å². The molecule has 0 aliphatic heterocycles. The minimum atomic E-state index is -0.701. The minimum Gasteiger partial charge on any atom is -0.492 e. The lowest BCUT2D eigenvalue weighted by Crippen LogP contribution is -2.42. The molecule has 5 nitrogen and oxygen atoms in total. The summed E-state index contributed by atoms with van der Waals surface area (Å²) in [7, 11) is 0. The van der Waals surface area contributed by atoms with Crippen LogP contribution in [0.4, 0.5) is 0 Å². The number of rotatable bonds is 5. The van der Waals surface area contributed by atoms with E-state index in [4.69, 9.17) is 9.47 Å². The molecule has 2 rings (SSSR count). The Morgan fingerprint density at radius 2 is 1.95 bits per heavy atom. The van der Waals surface area contributed by atoms with Crippen molar-refractivity contribution >= 4 is 11.8 Å². The van der Waals surface area contributed by atoms with Gasteiger partial charge in [-0.1, -0.05) is 0 Å². The van der Waals surface area contributed by atoms with Crippen molar-refractivity contribution in [1.82, 2.24) is 4.98 Å². The quantitative estimate of drug-likeness (QED) is 0.772. The number of Topliss-reactive ketones (excluding diaryl/α,β-unsaturated/α-hetero) is 1. The maximum atomic E-state index is 12.2. The second-order valence-electron chi connectivity index (χ2n) is 5.01. The third kappa shape index (κ3) is 3.35. The monoisotopic (exact) mass is 277 g/mol. The summed E-state index contributed by atoms with van der Waals surface area (Å²) in [4.78, 5) is 27.5. The fourth-order valence-electron chi connectivity index (χ4n) is 2.35. The van der Waals surface area contributed by atoms with E-state index < -0.39 is 5.41 Å². The first kappa shape index (κ1) is 14.5. The molecule has 1 saturated carbocycles. The Morgan fingerprint density at radius 3 is 2.55 bits per heavy atom. The van der Waals surface area contributed by atoms with Crippen LogP contribution in [0, 0.1) is 5.41 Å². The molecule has 0 aromatic carbocycles. The molecule has 108 valence electrons. The second-order valence-corrected chi connectivity index (χ2v) is 5.01. The van der Waals surface area contributed by atoms with E-state index in [-0.39, 0.29) is 18.4 Å². The van der Waals surface area contributed by atoms with Gasteiger partial charge in [0.15, 0.2) is 0 Å². The molecule has 0 amide bonds. The average molecular weight is 277 g/mol. The van der Waals surface area contributed by atoms with E-state index in [0.717, 1.165) is 0 Å². The fourth-order valence-corrected chi connectivity index (χ4v) is 2.35. The van der Waals surface area contributed by atoms with E-state index in [1.807, 2.05) is 0 Å². The maximum absolute atomic E-state index is 12.2. The van der Waals surface area contributed by atoms with Gasteiger partial charge in [0.05, 0.1) is 6.61 Å². The van der Waals surface area contributed by atoms with Crippen molar-refractivity contribution in [3.63, 3.8) is 0 Å². The Balaban J connectivity index is 2.06. The average Bonchev–Trinajstić information content (AvgIpc) is 2.48. The van der Waals surface area contributed by atoms with Gasteiger partial charge in [-0.2, -0.15) is 0 Å². The maximum Gasteiger partial charge on any atom is 0.315 e. The van der Waals surface area contributed by atoms with Crippen molar-refractivity contribution < 1.29 is 19.1 Å². The van der Waals surface area contributed by atoms with Gasteiger partial charge >= 0.3 is 5.97 Å². The third-order valence-corrected chi connectivity index (χ3v) is 3.64. The smallest absolute Gasteiger partial charge is 0.315 e. The number of esters is 1. The Hall–Kier alpha value is -1.91. The van der Waals surface area contributed by atoms with Crippen LogP contribution in [0.3, 0.4) is 0 Å². The Morgan fingerprint density at radius 1 is 1.30 bits per heavy atom. The summed E-state index contributed by atoms with van der Waals surface area (Å²) in [5.74, 6) is 0.607. The largest absolute Gasteiger partial charge is 0.492 e. The Bertz CT molecular complexity index is 462. The van der Waals surface area contributed by atoms with Crippen LogP contribution in [0.15, 0.2) is 24.5 Å². The molecule has 0 N–H and O–H groups in total. The minimum absolute atomic E-state index is 0.203. The van der Waals surface area contributed by atoms with Crippen LogP contribution in [-0.4, -0.2) is 30.0 Å². The summed E-state index contributed by atoms with van der Waals surface area (Å²) in [6.07, 6.45) is 5.09. The van der Waals surface area contributed by atoms with E-state index in [1.165, 1.54) is 0 Å². The topological polar surface area (TPSA) is 65.5 Å². The molecule has 0 unspecified atom stereocenters. The normalized spacial score (nSPS) is 17.6. The molecule has 1 aliphatic carbocycles. The number of nitrogens with zero attached hydrogens (tertiary/aromatic N) is 1. The highest BCUT2D eigenvalue weighted by Gasteiger charge is 2.43. The van der Waals surface area contributed by atoms with Gasteiger partial charge in [-0.05, 0) is 31.9 Å². The zero-order valence-electron chi connectivity index (χ0n) is 11.6. The van der Waals surface area contributed by atoms with Crippen molar-refractivity contribution in [1.29, 1.82) is 0 Å². The zero-order chi connectivity index (χ0) is 14.4. The summed E-state index contributed by atoms with van der Waals surface area (Å²) in [5.41, 5.74) is -0.701. The summed E-state index contributed by atoms with van der Waals surface area (Å²) >= 11 is 0. The molecule has 5 heteroatoms. The van der Waals surface area contributed by atoms with Gasteiger partial charge in [0.25, 0.3) is 0 Å². The third-order valence-electron chi connectivity index (χ3n) is 3.64. The van der Waals surface area contributed by atoms with Gasteiger partial charge in [-0.25, -0.2) is 0 Å². The number of aromatic nitrogens is 1. The molecule has 0 saturated heterocycles. The van der Waals surface area contributed by atoms with Crippen LogP contribution < -0.4 is 4.74 Å². The van der Waals surface area contributed by atoms with Crippen molar-refractivity contribution in [2.75, 3.05) is 13.2 Å². The van der Waals surface area contributed by atoms with E-state index >= 15 is 0 Å². The predicted molar refractivity (Wildman–Crippen MR) is 72.3 cm³/mol. The Kier molecular flexibility index (Phi) is 4.71. The first-order valence-electron chi connectivity index (χ1n) is 6.88. The highest BCUT2D eigenvalue weighted by Crippen LogP contribution is 2.36. The molecule has 1 heterocycles. The molecule has 0 spiro atoms. The lowest BCUT2D eigenvalue weighted by molar-refractivity contribution is -0.160. The lowest BCUT2D eigenvalue weighted by atomic mass is 9.74. The molecule has 1 aliphatic rings. The van der Waals surface area contributed by atoms with Crippen molar-refractivity contribution in [2.24, 2.45) is 5.41 Å². The van der Waals surface area contributed by atoms with E-state index in [2.05, 4.69) is 4.98 Å². The fraction of sp³-hybridized carbons (Fsp3) is 0.533. The number of ether oxygens (including phenoxy) is 2. The summed E-state index contributed by atoms with van der Waals surface area (Å²) in [5, 5.41) is 0. The summed E-state index contributed by atoms with van der Waals surface area (Å²) in [6, 6.07) is 3.49. The molecule has 1 aromatic rings. The van der Waals surface area contributed by atoms with Gasteiger partial charge in [-0.3, -0.25) is 14.6 Å². The van der Waals surface area contributed by atoms with Crippen LogP contribution in [0.1, 0.15) is 32.6 Å². The molecule has 1 aromatic heterocycles. The highest BCUT2D eigenvalue weighted by molar-refractivity contribution is 5.84. The number of ketones is 1. The van der Waals surface area contributed by atoms with E-state index in [9.17, 15) is 9.59 Å². The van der Waals surface area contributed by atoms with Crippen LogP contribution in [0.5, 0.6) is 5.75 Å². The standard InChI is InChI=1S/C15H19NO4/c1-2-19-14(18)15(7-3-12(17)4-8-15)11-20-13-5-9-16-10-6-13/h5-6,9-10H,2-4,7-8,11H2,1H3. The van der Waals surface area contributed by atoms with Crippen molar-refractivity contribution in [2.45, 2.75) is 32.6 Å². The first-order chi connectivity index (χ1) is 9.66. The number of hydrogen-bond acceptors (Lipinski definition) is 5.